The molecular weight excluding hydrogens is 212 g/mol. The summed E-state index contributed by atoms with van der Waals surface area (Å²) in [6.45, 7) is 3.03. The Labute approximate surface area is 103 Å². The monoisotopic (exact) mass is 234 g/mol. The van der Waals surface area contributed by atoms with Crippen LogP contribution in [0.5, 0.6) is 0 Å². The Morgan fingerprint density at radius 1 is 1.35 bits per heavy atom. The molecule has 1 heterocycles. The first-order chi connectivity index (χ1) is 8.28. The van der Waals surface area contributed by atoms with Crippen molar-refractivity contribution in [3.63, 3.8) is 0 Å². The Morgan fingerprint density at radius 3 is 2.82 bits per heavy atom. The average Bonchev–Trinajstić information content (AvgIpc) is 2.81. The Kier molecular flexibility index (Phi) is 4.18. The fourth-order valence-electron chi connectivity index (χ4n) is 2.47. The molecule has 1 aromatic heterocycles. The van der Waals surface area contributed by atoms with E-state index in [1.807, 2.05) is 13.0 Å². The number of rotatable bonds is 5. The summed E-state index contributed by atoms with van der Waals surface area (Å²) < 4.78 is 0. The number of nitrogens with zero attached hydrogens (tertiary/aromatic N) is 2. The van der Waals surface area contributed by atoms with Gasteiger partial charge < -0.3 is 11.1 Å². The normalized spacial score (nSPS) is 16.3. The molecular formula is C13H22N4. The van der Waals surface area contributed by atoms with Crippen LogP contribution in [0, 0.1) is 5.92 Å². The highest BCUT2D eigenvalue weighted by atomic mass is 15.0. The molecule has 0 aliphatic heterocycles. The summed E-state index contributed by atoms with van der Waals surface area (Å²) in [7, 11) is 0. The van der Waals surface area contributed by atoms with E-state index in [0.717, 1.165) is 30.5 Å². The van der Waals surface area contributed by atoms with Crippen LogP contribution in [0.25, 0.3) is 0 Å². The molecule has 1 fully saturated rings. The van der Waals surface area contributed by atoms with E-state index < -0.39 is 0 Å². The smallest absolute Gasteiger partial charge is 0.132 e. The van der Waals surface area contributed by atoms with E-state index >= 15 is 0 Å². The van der Waals surface area contributed by atoms with Gasteiger partial charge in [-0.2, -0.15) is 0 Å². The summed E-state index contributed by atoms with van der Waals surface area (Å²) in [6.07, 6.45) is 7.67. The number of aromatic nitrogens is 2. The maximum absolute atomic E-state index is 5.74. The minimum atomic E-state index is 0.556. The predicted molar refractivity (Wildman–Crippen MR) is 70.9 cm³/mol. The van der Waals surface area contributed by atoms with Gasteiger partial charge >= 0.3 is 0 Å². The highest BCUT2D eigenvalue weighted by molar-refractivity contribution is 5.44. The first-order valence-electron chi connectivity index (χ1n) is 6.65. The van der Waals surface area contributed by atoms with Crippen molar-refractivity contribution in [3.05, 3.63) is 11.9 Å². The van der Waals surface area contributed by atoms with Gasteiger partial charge in [0, 0.05) is 19.0 Å². The molecule has 0 radical (unpaired) electrons. The number of nitrogens with one attached hydrogen (secondary N) is 1. The summed E-state index contributed by atoms with van der Waals surface area (Å²) >= 11 is 0. The largest absolute Gasteiger partial charge is 0.384 e. The number of nitrogens with two attached hydrogens (primary N) is 1. The second-order valence-corrected chi connectivity index (χ2v) is 4.81. The molecule has 17 heavy (non-hydrogen) atoms. The third-order valence-corrected chi connectivity index (χ3v) is 3.44. The minimum Gasteiger partial charge on any atom is -0.384 e. The highest BCUT2D eigenvalue weighted by Crippen LogP contribution is 2.27. The van der Waals surface area contributed by atoms with Crippen LogP contribution < -0.4 is 11.1 Å². The van der Waals surface area contributed by atoms with E-state index in [9.17, 15) is 0 Å². The van der Waals surface area contributed by atoms with Gasteiger partial charge in [-0.05, 0) is 12.3 Å². The molecule has 0 bridgehead atoms. The number of aryl methyl sites for hydroxylation is 1. The van der Waals surface area contributed by atoms with Crippen LogP contribution in [0.15, 0.2) is 6.07 Å². The van der Waals surface area contributed by atoms with Gasteiger partial charge in [-0.15, -0.1) is 0 Å². The van der Waals surface area contributed by atoms with E-state index in [0.29, 0.717) is 5.82 Å². The highest BCUT2D eigenvalue weighted by Gasteiger charge is 2.14. The van der Waals surface area contributed by atoms with E-state index in [1.165, 1.54) is 32.1 Å². The molecule has 4 heteroatoms. The van der Waals surface area contributed by atoms with Crippen LogP contribution >= 0.6 is 0 Å². The summed E-state index contributed by atoms with van der Waals surface area (Å²) in [4.78, 5) is 8.58. The van der Waals surface area contributed by atoms with Crippen LogP contribution in [0.4, 0.5) is 11.6 Å². The van der Waals surface area contributed by atoms with Crippen LogP contribution in [0.3, 0.4) is 0 Å². The van der Waals surface area contributed by atoms with E-state index in [4.69, 9.17) is 5.73 Å². The first-order valence-corrected chi connectivity index (χ1v) is 6.65. The van der Waals surface area contributed by atoms with Gasteiger partial charge in [-0.1, -0.05) is 32.6 Å². The lowest BCUT2D eigenvalue weighted by Gasteiger charge is -2.11. The Hall–Kier alpha value is -1.32. The third kappa shape index (κ3) is 3.58. The van der Waals surface area contributed by atoms with Crippen molar-refractivity contribution in [3.8, 4) is 0 Å². The molecule has 1 aliphatic rings. The van der Waals surface area contributed by atoms with E-state index in [2.05, 4.69) is 15.3 Å². The number of hydrogen-bond donors (Lipinski definition) is 2. The topological polar surface area (TPSA) is 63.8 Å². The lowest BCUT2D eigenvalue weighted by atomic mass is 10.0. The molecule has 0 atom stereocenters. The maximum Gasteiger partial charge on any atom is 0.132 e. The predicted octanol–water partition coefficient (Wildman–Crippen LogP) is 2.61. The van der Waals surface area contributed by atoms with Crippen molar-refractivity contribution in [2.45, 2.75) is 45.4 Å². The summed E-state index contributed by atoms with van der Waals surface area (Å²) in [5.41, 5.74) is 5.74. The van der Waals surface area contributed by atoms with Crippen LogP contribution in [0.1, 0.15) is 44.9 Å². The van der Waals surface area contributed by atoms with Gasteiger partial charge in [0.2, 0.25) is 0 Å². The molecule has 94 valence electrons. The molecule has 0 aromatic carbocycles. The SMILES string of the molecule is CCc1nc(N)cc(NCCC2CCCC2)n1. The van der Waals surface area contributed by atoms with Crippen molar-refractivity contribution in [2.24, 2.45) is 5.92 Å². The number of hydrogen-bond acceptors (Lipinski definition) is 4. The van der Waals surface area contributed by atoms with Crippen LogP contribution in [0.2, 0.25) is 0 Å². The fourth-order valence-corrected chi connectivity index (χ4v) is 2.47. The van der Waals surface area contributed by atoms with Crippen LogP contribution in [-0.4, -0.2) is 16.5 Å². The second-order valence-electron chi connectivity index (χ2n) is 4.81. The molecule has 1 aliphatic carbocycles. The molecule has 3 N–H and O–H groups in total. The third-order valence-electron chi connectivity index (χ3n) is 3.44. The Balaban J connectivity index is 1.83. The van der Waals surface area contributed by atoms with Gasteiger partial charge in [-0.3, -0.25) is 0 Å². The van der Waals surface area contributed by atoms with Gasteiger partial charge in [0.25, 0.3) is 0 Å². The summed E-state index contributed by atoms with van der Waals surface area (Å²) in [6, 6.07) is 1.81. The van der Waals surface area contributed by atoms with Gasteiger partial charge in [0.1, 0.15) is 17.5 Å². The van der Waals surface area contributed by atoms with E-state index in [1.54, 1.807) is 0 Å². The average molecular weight is 234 g/mol. The zero-order chi connectivity index (χ0) is 12.1. The van der Waals surface area contributed by atoms with Gasteiger partial charge in [-0.25, -0.2) is 9.97 Å². The summed E-state index contributed by atoms with van der Waals surface area (Å²) in [5, 5.41) is 3.36. The zero-order valence-electron chi connectivity index (χ0n) is 10.6. The molecule has 4 nitrogen and oxygen atoms in total. The van der Waals surface area contributed by atoms with E-state index in [-0.39, 0.29) is 0 Å². The molecule has 0 unspecified atom stereocenters. The Bertz CT molecular complexity index is 358. The second kappa shape index (κ2) is 5.84. The molecule has 0 saturated heterocycles. The molecule has 0 spiro atoms. The van der Waals surface area contributed by atoms with Gasteiger partial charge in [0.05, 0.1) is 0 Å². The quantitative estimate of drug-likeness (QED) is 0.822. The van der Waals surface area contributed by atoms with Crippen molar-refractivity contribution in [1.82, 2.24) is 9.97 Å². The number of nitrogen functional groups attached to an aromatic ring is 1. The lowest BCUT2D eigenvalue weighted by molar-refractivity contribution is 0.518. The van der Waals surface area contributed by atoms with Crippen molar-refractivity contribution in [2.75, 3.05) is 17.6 Å². The van der Waals surface area contributed by atoms with Crippen LogP contribution in [-0.2, 0) is 6.42 Å². The van der Waals surface area contributed by atoms with Crippen molar-refractivity contribution in [1.29, 1.82) is 0 Å². The minimum absolute atomic E-state index is 0.556. The fraction of sp³-hybridized carbons (Fsp3) is 0.692. The maximum atomic E-state index is 5.74. The number of anilines is 2. The zero-order valence-corrected chi connectivity index (χ0v) is 10.6. The molecule has 2 rings (SSSR count). The first kappa shape index (κ1) is 12.1. The molecule has 1 saturated carbocycles. The Morgan fingerprint density at radius 2 is 2.12 bits per heavy atom. The standard InChI is InChI=1S/C13H22N4/c1-2-12-16-11(14)9-13(17-12)15-8-7-10-5-3-4-6-10/h9-10H,2-8H2,1H3,(H3,14,15,16,17). The lowest BCUT2D eigenvalue weighted by Crippen LogP contribution is -2.10. The van der Waals surface area contributed by atoms with Crippen molar-refractivity contribution >= 4 is 11.6 Å². The summed E-state index contributed by atoms with van der Waals surface area (Å²) in [5.74, 6) is 3.15. The molecule has 0 amide bonds. The van der Waals surface area contributed by atoms with Crippen molar-refractivity contribution < 1.29 is 0 Å². The van der Waals surface area contributed by atoms with Gasteiger partial charge in [0.15, 0.2) is 0 Å². The molecule has 1 aromatic rings.